The number of benzene rings is 2. The van der Waals surface area contributed by atoms with Crippen molar-refractivity contribution in [1.82, 2.24) is 0 Å². The molecule has 0 saturated heterocycles. The lowest BCUT2D eigenvalue weighted by Crippen LogP contribution is -2.11. The van der Waals surface area contributed by atoms with E-state index >= 15 is 0 Å². The lowest BCUT2D eigenvalue weighted by molar-refractivity contribution is 0.0468. The molecule has 6 heteroatoms. The SMILES string of the molecule is CS(=O)(=O)c1ccccc1C(=O)OCc1ccccc1C#N. The first-order valence-electron chi connectivity index (χ1n) is 6.37. The molecule has 0 unspecified atom stereocenters. The first-order chi connectivity index (χ1) is 10.4. The summed E-state index contributed by atoms with van der Waals surface area (Å²) in [6.45, 7) is -0.0966. The van der Waals surface area contributed by atoms with E-state index in [-0.39, 0.29) is 17.1 Å². The Morgan fingerprint density at radius 1 is 1.14 bits per heavy atom. The van der Waals surface area contributed by atoms with Gasteiger partial charge in [0.1, 0.15) is 6.61 Å². The van der Waals surface area contributed by atoms with Crippen LogP contribution in [-0.2, 0) is 21.2 Å². The van der Waals surface area contributed by atoms with Crippen LogP contribution in [-0.4, -0.2) is 20.6 Å². The van der Waals surface area contributed by atoms with Crippen molar-refractivity contribution in [3.63, 3.8) is 0 Å². The van der Waals surface area contributed by atoms with Gasteiger partial charge in [0.25, 0.3) is 0 Å². The summed E-state index contributed by atoms with van der Waals surface area (Å²) in [6.07, 6.45) is 1.03. The molecular formula is C16H13NO4S. The van der Waals surface area contributed by atoms with Crippen LogP contribution in [0.2, 0.25) is 0 Å². The molecule has 0 saturated carbocycles. The summed E-state index contributed by atoms with van der Waals surface area (Å²) in [6, 6.07) is 14.6. The van der Waals surface area contributed by atoms with Gasteiger partial charge in [-0.15, -0.1) is 0 Å². The molecule has 2 aromatic carbocycles. The Morgan fingerprint density at radius 2 is 1.77 bits per heavy atom. The van der Waals surface area contributed by atoms with Crippen molar-refractivity contribution < 1.29 is 17.9 Å². The van der Waals surface area contributed by atoms with Crippen LogP contribution in [0.25, 0.3) is 0 Å². The molecule has 2 aromatic rings. The minimum absolute atomic E-state index is 0.0144. The van der Waals surface area contributed by atoms with Gasteiger partial charge in [0.15, 0.2) is 9.84 Å². The molecule has 22 heavy (non-hydrogen) atoms. The van der Waals surface area contributed by atoms with E-state index in [9.17, 15) is 13.2 Å². The third kappa shape index (κ3) is 3.51. The Bertz CT molecular complexity index is 850. The predicted octanol–water partition coefficient (Wildman–Crippen LogP) is 2.32. The molecule has 0 radical (unpaired) electrons. The monoisotopic (exact) mass is 315 g/mol. The number of nitriles is 1. The molecule has 0 aliphatic rings. The second-order valence-electron chi connectivity index (χ2n) is 4.61. The number of sulfone groups is 1. The third-order valence-corrected chi connectivity index (χ3v) is 4.16. The number of esters is 1. The normalized spacial score (nSPS) is 10.7. The Morgan fingerprint density at radius 3 is 2.45 bits per heavy atom. The van der Waals surface area contributed by atoms with Crippen LogP contribution in [0.1, 0.15) is 21.5 Å². The van der Waals surface area contributed by atoms with Crippen molar-refractivity contribution in [1.29, 1.82) is 5.26 Å². The quantitative estimate of drug-likeness (QED) is 0.808. The number of hydrogen-bond donors (Lipinski definition) is 0. The van der Waals surface area contributed by atoms with Crippen molar-refractivity contribution >= 4 is 15.8 Å². The van der Waals surface area contributed by atoms with Gasteiger partial charge >= 0.3 is 5.97 Å². The number of hydrogen-bond acceptors (Lipinski definition) is 5. The van der Waals surface area contributed by atoms with Gasteiger partial charge < -0.3 is 4.74 Å². The zero-order valence-corrected chi connectivity index (χ0v) is 12.6. The molecule has 2 rings (SSSR count). The standard InChI is InChI=1S/C16H13NO4S/c1-22(19,20)15-9-5-4-8-14(15)16(18)21-11-13-7-3-2-6-12(13)10-17/h2-9H,11H2,1H3. The zero-order valence-electron chi connectivity index (χ0n) is 11.8. The highest BCUT2D eigenvalue weighted by Crippen LogP contribution is 2.17. The summed E-state index contributed by atoms with van der Waals surface area (Å²) in [4.78, 5) is 12.0. The molecule has 0 heterocycles. The highest BCUT2D eigenvalue weighted by molar-refractivity contribution is 7.90. The van der Waals surface area contributed by atoms with Crippen molar-refractivity contribution in [2.24, 2.45) is 0 Å². The van der Waals surface area contributed by atoms with E-state index in [1.165, 1.54) is 18.2 Å². The van der Waals surface area contributed by atoms with Crippen LogP contribution in [0.15, 0.2) is 53.4 Å². The second-order valence-corrected chi connectivity index (χ2v) is 6.60. The lowest BCUT2D eigenvalue weighted by atomic mass is 10.1. The average molecular weight is 315 g/mol. The summed E-state index contributed by atoms with van der Waals surface area (Å²) >= 11 is 0. The largest absolute Gasteiger partial charge is 0.457 e. The Labute approximate surface area is 128 Å². The highest BCUT2D eigenvalue weighted by Gasteiger charge is 2.19. The van der Waals surface area contributed by atoms with E-state index in [4.69, 9.17) is 10.00 Å². The van der Waals surface area contributed by atoms with Crippen LogP contribution in [0.4, 0.5) is 0 Å². The van der Waals surface area contributed by atoms with Crippen molar-refractivity contribution in [2.75, 3.05) is 6.26 Å². The second kappa shape index (κ2) is 6.41. The fourth-order valence-electron chi connectivity index (χ4n) is 1.93. The van der Waals surface area contributed by atoms with Crippen LogP contribution in [0.5, 0.6) is 0 Å². The molecule has 0 atom stereocenters. The van der Waals surface area contributed by atoms with E-state index in [2.05, 4.69) is 0 Å². The van der Waals surface area contributed by atoms with Gasteiger partial charge in [-0.1, -0.05) is 30.3 Å². The maximum Gasteiger partial charge on any atom is 0.339 e. The van der Waals surface area contributed by atoms with E-state index in [1.54, 1.807) is 30.3 Å². The van der Waals surface area contributed by atoms with Gasteiger partial charge in [0, 0.05) is 11.8 Å². The van der Waals surface area contributed by atoms with Gasteiger partial charge in [-0.05, 0) is 18.2 Å². The molecular weight excluding hydrogens is 302 g/mol. The van der Waals surface area contributed by atoms with Crippen molar-refractivity contribution in [3.8, 4) is 6.07 Å². The third-order valence-electron chi connectivity index (χ3n) is 3.00. The number of rotatable bonds is 4. The smallest absolute Gasteiger partial charge is 0.339 e. The molecule has 0 aliphatic heterocycles. The number of carbonyl (C=O) groups excluding carboxylic acids is 1. The van der Waals surface area contributed by atoms with E-state index < -0.39 is 15.8 Å². The molecule has 0 N–H and O–H groups in total. The highest BCUT2D eigenvalue weighted by atomic mass is 32.2. The van der Waals surface area contributed by atoms with Crippen molar-refractivity contribution in [3.05, 3.63) is 65.2 Å². The van der Waals surface area contributed by atoms with Gasteiger partial charge in [0.05, 0.1) is 22.1 Å². The molecule has 0 amide bonds. The maximum atomic E-state index is 12.1. The van der Waals surface area contributed by atoms with Crippen molar-refractivity contribution in [2.45, 2.75) is 11.5 Å². The number of carbonyl (C=O) groups is 1. The summed E-state index contributed by atoms with van der Waals surface area (Å²) in [5, 5.41) is 8.98. The summed E-state index contributed by atoms with van der Waals surface area (Å²) in [7, 11) is -3.53. The number of nitrogens with zero attached hydrogens (tertiary/aromatic N) is 1. The van der Waals surface area contributed by atoms with Crippen LogP contribution >= 0.6 is 0 Å². The summed E-state index contributed by atoms with van der Waals surface area (Å²) in [5.41, 5.74) is 0.960. The Hall–Kier alpha value is -2.65. The number of ether oxygens (including phenoxy) is 1. The summed E-state index contributed by atoms with van der Waals surface area (Å²) < 4.78 is 28.5. The van der Waals surface area contributed by atoms with Crippen LogP contribution < -0.4 is 0 Å². The fraction of sp³-hybridized carbons (Fsp3) is 0.125. The Balaban J connectivity index is 2.23. The minimum atomic E-state index is -3.53. The van der Waals surface area contributed by atoms with Gasteiger partial charge in [-0.25, -0.2) is 13.2 Å². The van der Waals surface area contributed by atoms with Crippen LogP contribution in [0, 0.1) is 11.3 Å². The molecule has 0 fully saturated rings. The molecule has 0 aliphatic carbocycles. The predicted molar refractivity (Wildman–Crippen MR) is 79.8 cm³/mol. The molecule has 0 bridgehead atoms. The molecule has 0 aromatic heterocycles. The minimum Gasteiger partial charge on any atom is -0.457 e. The lowest BCUT2D eigenvalue weighted by Gasteiger charge is -2.09. The van der Waals surface area contributed by atoms with Gasteiger partial charge in [-0.2, -0.15) is 5.26 Å². The van der Waals surface area contributed by atoms with Gasteiger partial charge in [-0.3, -0.25) is 0 Å². The topological polar surface area (TPSA) is 84.2 Å². The van der Waals surface area contributed by atoms with Gasteiger partial charge in [0.2, 0.25) is 0 Å². The first kappa shape index (κ1) is 15.7. The molecule has 112 valence electrons. The zero-order chi connectivity index (χ0) is 16.2. The first-order valence-corrected chi connectivity index (χ1v) is 8.27. The molecule has 0 spiro atoms. The van der Waals surface area contributed by atoms with Crippen LogP contribution in [0.3, 0.4) is 0 Å². The summed E-state index contributed by atoms with van der Waals surface area (Å²) in [5.74, 6) is -0.742. The maximum absolute atomic E-state index is 12.1. The Kier molecular flexibility index (Phi) is 4.59. The fourth-order valence-corrected chi connectivity index (χ4v) is 2.81. The average Bonchev–Trinajstić information content (AvgIpc) is 2.52. The van der Waals surface area contributed by atoms with E-state index in [0.29, 0.717) is 11.1 Å². The van der Waals surface area contributed by atoms with E-state index in [1.807, 2.05) is 6.07 Å². The molecule has 5 nitrogen and oxygen atoms in total. The van der Waals surface area contributed by atoms with E-state index in [0.717, 1.165) is 6.26 Å².